The van der Waals surface area contributed by atoms with Gasteiger partial charge in [0.1, 0.15) is 5.01 Å². The molecule has 0 amide bonds. The molecule has 3 rings (SSSR count). The van der Waals surface area contributed by atoms with Crippen molar-refractivity contribution in [3.05, 3.63) is 41.4 Å². The van der Waals surface area contributed by atoms with Crippen LogP contribution in [0.5, 0.6) is 0 Å². The molecule has 1 aromatic carbocycles. The van der Waals surface area contributed by atoms with Gasteiger partial charge in [-0.05, 0) is 44.5 Å². The zero-order chi connectivity index (χ0) is 12.4. The number of likely N-dealkylation sites (tertiary alicyclic amines) is 1. The van der Waals surface area contributed by atoms with Gasteiger partial charge >= 0.3 is 0 Å². The van der Waals surface area contributed by atoms with Gasteiger partial charge in [-0.25, -0.2) is 4.98 Å². The van der Waals surface area contributed by atoms with Gasteiger partial charge in [0, 0.05) is 23.2 Å². The highest BCUT2D eigenvalue weighted by atomic mass is 32.1. The van der Waals surface area contributed by atoms with Crippen molar-refractivity contribution >= 4 is 11.3 Å². The third kappa shape index (κ3) is 2.33. The largest absolute Gasteiger partial charge is 0.297 e. The highest BCUT2D eigenvalue weighted by molar-refractivity contribution is 7.13. The highest BCUT2D eigenvalue weighted by Crippen LogP contribution is 2.28. The number of nitrogens with zero attached hydrogens (tertiary/aromatic N) is 2. The minimum atomic E-state index is 0.521. The van der Waals surface area contributed by atoms with Crippen LogP contribution in [0.3, 0.4) is 0 Å². The average molecular weight is 258 g/mol. The molecule has 2 heterocycles. The van der Waals surface area contributed by atoms with Crippen molar-refractivity contribution in [1.29, 1.82) is 0 Å². The van der Waals surface area contributed by atoms with Crippen molar-refractivity contribution in [3.8, 4) is 10.6 Å². The van der Waals surface area contributed by atoms with Crippen molar-refractivity contribution in [2.75, 3.05) is 13.1 Å². The standard InChI is InChI=1S/C15H18N2S/c1-12(17-8-2-3-9-17)13-5-4-6-14(11-13)15-16-7-10-18-15/h4-7,10-12H,2-3,8-9H2,1H3/t12-/m1/s1. The maximum absolute atomic E-state index is 4.39. The molecule has 1 aliphatic rings. The van der Waals surface area contributed by atoms with Gasteiger partial charge in [0.25, 0.3) is 0 Å². The van der Waals surface area contributed by atoms with E-state index in [0.29, 0.717) is 6.04 Å². The Kier molecular flexibility index (Phi) is 3.43. The SMILES string of the molecule is C[C@H](c1cccc(-c2nccs2)c1)N1CCCC1. The van der Waals surface area contributed by atoms with Crippen LogP contribution in [0.25, 0.3) is 10.6 Å². The van der Waals surface area contributed by atoms with Crippen LogP contribution in [0.2, 0.25) is 0 Å². The summed E-state index contributed by atoms with van der Waals surface area (Å²) in [5.41, 5.74) is 2.65. The van der Waals surface area contributed by atoms with Crippen molar-refractivity contribution in [3.63, 3.8) is 0 Å². The van der Waals surface area contributed by atoms with E-state index in [1.54, 1.807) is 11.3 Å². The van der Waals surface area contributed by atoms with Gasteiger partial charge in [-0.2, -0.15) is 0 Å². The first kappa shape index (κ1) is 11.9. The number of aromatic nitrogens is 1. The molecule has 1 saturated heterocycles. The van der Waals surface area contributed by atoms with Crippen molar-refractivity contribution < 1.29 is 0 Å². The van der Waals surface area contributed by atoms with Crippen LogP contribution in [0, 0.1) is 0 Å². The van der Waals surface area contributed by atoms with Crippen LogP contribution in [-0.2, 0) is 0 Å². The van der Waals surface area contributed by atoms with E-state index >= 15 is 0 Å². The number of hydrogen-bond acceptors (Lipinski definition) is 3. The molecular weight excluding hydrogens is 240 g/mol. The average Bonchev–Trinajstić information content (AvgIpc) is 3.11. The molecule has 0 N–H and O–H groups in total. The predicted octanol–water partition coefficient (Wildman–Crippen LogP) is 3.97. The Morgan fingerprint density at radius 1 is 1.28 bits per heavy atom. The smallest absolute Gasteiger partial charge is 0.123 e. The summed E-state index contributed by atoms with van der Waals surface area (Å²) in [5.74, 6) is 0. The van der Waals surface area contributed by atoms with E-state index in [1.165, 1.54) is 37.1 Å². The Hall–Kier alpha value is -1.19. The van der Waals surface area contributed by atoms with Crippen LogP contribution in [0.4, 0.5) is 0 Å². The monoisotopic (exact) mass is 258 g/mol. The van der Waals surface area contributed by atoms with Gasteiger partial charge < -0.3 is 0 Å². The molecule has 1 aromatic heterocycles. The topological polar surface area (TPSA) is 16.1 Å². The summed E-state index contributed by atoms with van der Waals surface area (Å²) in [6.07, 6.45) is 4.56. The lowest BCUT2D eigenvalue weighted by Gasteiger charge is -2.24. The summed E-state index contributed by atoms with van der Waals surface area (Å²) < 4.78 is 0. The Balaban J connectivity index is 1.86. The molecule has 18 heavy (non-hydrogen) atoms. The van der Waals surface area contributed by atoms with E-state index in [4.69, 9.17) is 0 Å². The lowest BCUT2D eigenvalue weighted by Crippen LogP contribution is -2.23. The van der Waals surface area contributed by atoms with Gasteiger partial charge in [-0.15, -0.1) is 11.3 Å². The number of benzene rings is 1. The summed E-state index contributed by atoms with van der Waals surface area (Å²) >= 11 is 1.70. The molecule has 2 nitrogen and oxygen atoms in total. The number of thiazole rings is 1. The molecular formula is C15H18N2S. The summed E-state index contributed by atoms with van der Waals surface area (Å²) in [4.78, 5) is 6.96. The maximum atomic E-state index is 4.39. The number of rotatable bonds is 3. The van der Waals surface area contributed by atoms with Crippen molar-refractivity contribution in [2.24, 2.45) is 0 Å². The maximum Gasteiger partial charge on any atom is 0.123 e. The second-order valence-corrected chi connectivity index (χ2v) is 5.78. The molecule has 1 atom stereocenters. The van der Waals surface area contributed by atoms with E-state index in [-0.39, 0.29) is 0 Å². The van der Waals surface area contributed by atoms with Crippen LogP contribution in [0.1, 0.15) is 31.4 Å². The lowest BCUT2D eigenvalue weighted by molar-refractivity contribution is 0.263. The molecule has 0 radical (unpaired) electrons. The van der Waals surface area contributed by atoms with Crippen LogP contribution in [0.15, 0.2) is 35.8 Å². The van der Waals surface area contributed by atoms with E-state index < -0.39 is 0 Å². The minimum Gasteiger partial charge on any atom is -0.297 e. The lowest BCUT2D eigenvalue weighted by atomic mass is 10.0. The third-order valence-electron chi connectivity index (χ3n) is 3.74. The first-order valence-corrected chi connectivity index (χ1v) is 7.46. The molecule has 0 spiro atoms. The van der Waals surface area contributed by atoms with Crippen molar-refractivity contribution in [1.82, 2.24) is 9.88 Å². The normalized spacial score (nSPS) is 18.1. The van der Waals surface area contributed by atoms with Gasteiger partial charge in [0.2, 0.25) is 0 Å². The quantitative estimate of drug-likeness (QED) is 0.828. The molecule has 1 fully saturated rings. The summed E-state index contributed by atoms with van der Waals surface area (Å²) in [5, 5.41) is 3.15. The molecule has 0 bridgehead atoms. The minimum absolute atomic E-state index is 0.521. The third-order valence-corrected chi connectivity index (χ3v) is 4.56. The summed E-state index contributed by atoms with van der Waals surface area (Å²) in [6.45, 7) is 4.79. The zero-order valence-electron chi connectivity index (χ0n) is 10.7. The van der Waals surface area contributed by atoms with Gasteiger partial charge in [0.15, 0.2) is 0 Å². The van der Waals surface area contributed by atoms with E-state index in [1.807, 2.05) is 11.6 Å². The molecule has 0 aliphatic carbocycles. The first-order valence-electron chi connectivity index (χ1n) is 6.58. The van der Waals surface area contributed by atoms with Gasteiger partial charge in [-0.3, -0.25) is 4.90 Å². The van der Waals surface area contributed by atoms with Crippen molar-refractivity contribution in [2.45, 2.75) is 25.8 Å². The second kappa shape index (κ2) is 5.21. The predicted molar refractivity (Wildman–Crippen MR) is 76.8 cm³/mol. The van der Waals surface area contributed by atoms with Gasteiger partial charge in [0.05, 0.1) is 0 Å². The molecule has 2 aromatic rings. The first-order chi connectivity index (χ1) is 8.84. The molecule has 94 valence electrons. The molecule has 3 heteroatoms. The van der Waals surface area contributed by atoms with Crippen LogP contribution < -0.4 is 0 Å². The molecule has 0 saturated carbocycles. The van der Waals surface area contributed by atoms with Gasteiger partial charge in [-0.1, -0.05) is 18.2 Å². The second-order valence-electron chi connectivity index (χ2n) is 4.88. The fourth-order valence-electron chi connectivity index (χ4n) is 2.64. The molecule has 1 aliphatic heterocycles. The van der Waals surface area contributed by atoms with Crippen LogP contribution >= 0.6 is 11.3 Å². The van der Waals surface area contributed by atoms with E-state index in [0.717, 1.165) is 5.01 Å². The number of hydrogen-bond donors (Lipinski definition) is 0. The Morgan fingerprint density at radius 2 is 2.11 bits per heavy atom. The van der Waals surface area contributed by atoms with E-state index in [9.17, 15) is 0 Å². The fraction of sp³-hybridized carbons (Fsp3) is 0.400. The highest BCUT2D eigenvalue weighted by Gasteiger charge is 2.19. The Morgan fingerprint density at radius 3 is 2.83 bits per heavy atom. The Bertz CT molecular complexity index is 501. The summed E-state index contributed by atoms with van der Waals surface area (Å²) in [6, 6.07) is 9.35. The van der Waals surface area contributed by atoms with E-state index in [2.05, 4.69) is 41.1 Å². The zero-order valence-corrected chi connectivity index (χ0v) is 11.5. The summed E-state index contributed by atoms with van der Waals surface area (Å²) in [7, 11) is 0. The Labute approximate surface area is 112 Å². The fourth-order valence-corrected chi connectivity index (χ4v) is 3.27. The van der Waals surface area contributed by atoms with Crippen LogP contribution in [-0.4, -0.2) is 23.0 Å². The molecule has 0 unspecified atom stereocenters.